The largest absolute Gasteiger partial charge is 0.454 e. The smallest absolute Gasteiger partial charge is 0.295 e. The van der Waals surface area contributed by atoms with Crippen molar-refractivity contribution in [2.45, 2.75) is 16.9 Å². The molecule has 0 aliphatic rings. The van der Waals surface area contributed by atoms with E-state index in [9.17, 15) is 26.7 Å². The van der Waals surface area contributed by atoms with Gasteiger partial charge in [0.05, 0.1) is 11.0 Å². The van der Waals surface area contributed by atoms with E-state index in [2.05, 4.69) is 15.9 Å². The molecule has 0 saturated heterocycles. The second kappa shape index (κ2) is 4.82. The van der Waals surface area contributed by atoms with Crippen LogP contribution in [0.15, 0.2) is 23.0 Å². The molecule has 0 amide bonds. The first-order chi connectivity index (χ1) is 9.48. The van der Waals surface area contributed by atoms with Crippen LogP contribution < -0.4 is 5.69 Å². The van der Waals surface area contributed by atoms with Crippen LogP contribution in [0.3, 0.4) is 0 Å². The fraction of sp³-hybridized carbons (Fsp3) is 0.417. The number of imidazole rings is 1. The van der Waals surface area contributed by atoms with E-state index in [4.69, 9.17) is 0 Å². The molecule has 0 bridgehead atoms. The summed E-state index contributed by atoms with van der Waals surface area (Å²) in [6.07, 6.45) is -5.67. The SMILES string of the molecule is Cn1c(=O)n(C)c2cc(C(Br)C(F)(F)C(F)(F)F)ccc21. The fourth-order valence-electron chi connectivity index (χ4n) is 2.03. The Morgan fingerprint density at radius 2 is 1.57 bits per heavy atom. The molecule has 1 aromatic carbocycles. The number of fused-ring (bicyclic) bond motifs is 1. The van der Waals surface area contributed by atoms with Gasteiger partial charge in [0.25, 0.3) is 0 Å². The van der Waals surface area contributed by atoms with Gasteiger partial charge >= 0.3 is 17.8 Å². The first-order valence-electron chi connectivity index (χ1n) is 5.72. The minimum absolute atomic E-state index is 0.258. The van der Waals surface area contributed by atoms with E-state index in [0.29, 0.717) is 5.52 Å². The van der Waals surface area contributed by atoms with E-state index in [1.165, 1.54) is 29.3 Å². The van der Waals surface area contributed by atoms with Crippen molar-refractivity contribution in [2.75, 3.05) is 0 Å². The third-order valence-electron chi connectivity index (χ3n) is 3.28. The van der Waals surface area contributed by atoms with Crippen LogP contribution in [-0.2, 0) is 14.1 Å². The number of alkyl halides is 6. The summed E-state index contributed by atoms with van der Waals surface area (Å²) in [4.78, 5) is 9.48. The van der Waals surface area contributed by atoms with Crippen LogP contribution in [0, 0.1) is 0 Å². The summed E-state index contributed by atoms with van der Waals surface area (Å²) in [5, 5.41) is 0. The zero-order valence-electron chi connectivity index (χ0n) is 10.9. The number of hydrogen-bond donors (Lipinski definition) is 0. The summed E-state index contributed by atoms with van der Waals surface area (Å²) in [5.74, 6) is -4.92. The standard InChI is InChI=1S/C12H10BrF5N2O/c1-19-7-4-3-6(5-8(7)20(2)10(19)21)9(13)11(14,15)12(16,17)18/h3-5,9H,1-2H3. The van der Waals surface area contributed by atoms with E-state index in [-0.39, 0.29) is 11.1 Å². The highest BCUT2D eigenvalue weighted by atomic mass is 79.9. The Labute approximate surface area is 124 Å². The zero-order valence-corrected chi connectivity index (χ0v) is 12.5. The molecule has 0 fully saturated rings. The molecule has 2 rings (SSSR count). The molecule has 1 atom stereocenters. The summed E-state index contributed by atoms with van der Waals surface area (Å²) in [5.41, 5.74) is 0.0746. The molecule has 0 radical (unpaired) electrons. The maximum Gasteiger partial charge on any atom is 0.454 e. The molecule has 1 aromatic heterocycles. The van der Waals surface area contributed by atoms with Crippen LogP contribution in [-0.4, -0.2) is 21.2 Å². The minimum atomic E-state index is -5.67. The number of aryl methyl sites for hydroxylation is 2. The Bertz CT molecular complexity index is 746. The Balaban J connectivity index is 2.59. The second-order valence-electron chi connectivity index (χ2n) is 4.63. The van der Waals surface area contributed by atoms with Gasteiger partial charge in [-0.3, -0.25) is 9.13 Å². The Hall–Kier alpha value is -1.38. The second-order valence-corrected chi connectivity index (χ2v) is 5.55. The topological polar surface area (TPSA) is 26.9 Å². The quantitative estimate of drug-likeness (QED) is 0.585. The third kappa shape index (κ3) is 2.37. The zero-order chi connectivity index (χ0) is 16.2. The summed E-state index contributed by atoms with van der Waals surface area (Å²) in [6, 6.07) is 3.63. The van der Waals surface area contributed by atoms with Crippen molar-refractivity contribution < 1.29 is 22.0 Å². The van der Waals surface area contributed by atoms with Gasteiger partial charge in [0.1, 0.15) is 4.83 Å². The van der Waals surface area contributed by atoms with Gasteiger partial charge in [0, 0.05) is 14.1 Å². The van der Waals surface area contributed by atoms with Gasteiger partial charge in [-0.2, -0.15) is 22.0 Å². The van der Waals surface area contributed by atoms with Crippen LogP contribution in [0.25, 0.3) is 11.0 Å². The first kappa shape index (κ1) is 16.0. The molecule has 0 aliphatic heterocycles. The van der Waals surface area contributed by atoms with Gasteiger partial charge in [0.2, 0.25) is 0 Å². The van der Waals surface area contributed by atoms with E-state index >= 15 is 0 Å². The van der Waals surface area contributed by atoms with E-state index in [1.807, 2.05) is 0 Å². The molecule has 3 nitrogen and oxygen atoms in total. The number of aromatic nitrogens is 2. The number of nitrogens with zero attached hydrogens (tertiary/aromatic N) is 2. The summed E-state index contributed by atoms with van der Waals surface area (Å²) in [6.45, 7) is 0. The van der Waals surface area contributed by atoms with Gasteiger partial charge in [0.15, 0.2) is 0 Å². The summed E-state index contributed by atoms with van der Waals surface area (Å²) < 4.78 is 66.3. The number of hydrogen-bond acceptors (Lipinski definition) is 1. The lowest BCUT2D eigenvalue weighted by atomic mass is 10.1. The minimum Gasteiger partial charge on any atom is -0.295 e. The van der Waals surface area contributed by atoms with Gasteiger partial charge in [-0.1, -0.05) is 22.0 Å². The fourth-order valence-corrected chi connectivity index (χ4v) is 2.58. The van der Waals surface area contributed by atoms with Gasteiger partial charge in [-0.05, 0) is 17.7 Å². The van der Waals surface area contributed by atoms with Crippen molar-refractivity contribution >= 4 is 27.0 Å². The van der Waals surface area contributed by atoms with E-state index in [1.54, 1.807) is 0 Å². The molecule has 2 aromatic rings. The van der Waals surface area contributed by atoms with Crippen molar-refractivity contribution in [3.8, 4) is 0 Å². The molecule has 0 spiro atoms. The van der Waals surface area contributed by atoms with E-state index < -0.39 is 22.6 Å². The molecule has 116 valence electrons. The van der Waals surface area contributed by atoms with Crippen molar-refractivity contribution in [2.24, 2.45) is 14.1 Å². The van der Waals surface area contributed by atoms with Crippen LogP contribution >= 0.6 is 15.9 Å². The molecular formula is C12H10BrF5N2O. The maximum atomic E-state index is 13.3. The molecule has 0 saturated carbocycles. The van der Waals surface area contributed by atoms with Crippen molar-refractivity contribution in [3.05, 3.63) is 34.2 Å². The number of halogens is 6. The average molecular weight is 373 g/mol. The molecule has 9 heteroatoms. The lowest BCUT2D eigenvalue weighted by molar-refractivity contribution is -0.281. The lowest BCUT2D eigenvalue weighted by Crippen LogP contribution is -2.39. The average Bonchev–Trinajstić information content (AvgIpc) is 2.61. The Kier molecular flexibility index (Phi) is 3.67. The van der Waals surface area contributed by atoms with Crippen molar-refractivity contribution in [1.82, 2.24) is 9.13 Å². The van der Waals surface area contributed by atoms with Crippen LogP contribution in [0.4, 0.5) is 22.0 Å². The lowest BCUT2D eigenvalue weighted by Gasteiger charge is -2.24. The van der Waals surface area contributed by atoms with Gasteiger partial charge in [-0.25, -0.2) is 4.79 Å². The number of benzene rings is 1. The van der Waals surface area contributed by atoms with Crippen LogP contribution in [0.1, 0.15) is 10.4 Å². The highest BCUT2D eigenvalue weighted by Gasteiger charge is 2.62. The maximum absolute atomic E-state index is 13.3. The summed E-state index contributed by atoms with van der Waals surface area (Å²) >= 11 is 2.41. The molecule has 0 N–H and O–H groups in total. The third-order valence-corrected chi connectivity index (χ3v) is 4.39. The molecule has 1 unspecified atom stereocenters. The van der Waals surface area contributed by atoms with Gasteiger partial charge < -0.3 is 0 Å². The first-order valence-corrected chi connectivity index (χ1v) is 6.64. The predicted octanol–water partition coefficient (Wildman–Crippen LogP) is 3.51. The molecular weight excluding hydrogens is 363 g/mol. The monoisotopic (exact) mass is 372 g/mol. The van der Waals surface area contributed by atoms with Crippen LogP contribution in [0.5, 0.6) is 0 Å². The normalized spacial score (nSPS) is 14.7. The van der Waals surface area contributed by atoms with Crippen LogP contribution in [0.2, 0.25) is 0 Å². The Morgan fingerprint density at radius 1 is 1.05 bits per heavy atom. The Morgan fingerprint density at radius 3 is 2.10 bits per heavy atom. The summed E-state index contributed by atoms with van der Waals surface area (Å²) in [7, 11) is 2.90. The highest BCUT2D eigenvalue weighted by Crippen LogP contribution is 2.49. The van der Waals surface area contributed by atoms with Crippen molar-refractivity contribution in [3.63, 3.8) is 0 Å². The predicted molar refractivity (Wildman–Crippen MR) is 70.8 cm³/mol. The highest BCUT2D eigenvalue weighted by molar-refractivity contribution is 9.09. The van der Waals surface area contributed by atoms with E-state index in [0.717, 1.165) is 12.1 Å². The van der Waals surface area contributed by atoms with Gasteiger partial charge in [-0.15, -0.1) is 0 Å². The molecule has 21 heavy (non-hydrogen) atoms. The van der Waals surface area contributed by atoms with Crippen molar-refractivity contribution in [1.29, 1.82) is 0 Å². The number of rotatable bonds is 2. The molecule has 0 aliphatic carbocycles. The molecule has 1 heterocycles.